The second-order valence-electron chi connectivity index (χ2n) is 5.37. The summed E-state index contributed by atoms with van der Waals surface area (Å²) in [5, 5.41) is 2.25. The van der Waals surface area contributed by atoms with E-state index in [0.717, 1.165) is 6.26 Å². The van der Waals surface area contributed by atoms with Crippen LogP contribution in [-0.2, 0) is 16.0 Å². The Hall–Kier alpha value is -1.58. The normalized spacial score (nSPS) is 18.4. The van der Waals surface area contributed by atoms with Crippen LogP contribution in [0.25, 0.3) is 0 Å². The van der Waals surface area contributed by atoms with Crippen LogP contribution in [0.3, 0.4) is 0 Å². The first-order chi connectivity index (χ1) is 10.1. The summed E-state index contributed by atoms with van der Waals surface area (Å²) in [7, 11) is -3.45. The summed E-state index contributed by atoms with van der Waals surface area (Å²) in [5.41, 5.74) is -0.894. The Kier molecular flexibility index (Phi) is 4.24. The molecule has 0 spiro atoms. The number of oxazole rings is 1. The van der Waals surface area contributed by atoms with Crippen molar-refractivity contribution in [2.75, 3.05) is 12.8 Å². The van der Waals surface area contributed by atoms with Crippen molar-refractivity contribution < 1.29 is 30.8 Å². The number of halogens is 3. The molecular weight excluding hydrogens is 325 g/mol. The number of hydrogen-bond acceptors (Lipinski definition) is 5. The van der Waals surface area contributed by atoms with Crippen molar-refractivity contribution in [2.45, 2.75) is 36.6 Å². The Morgan fingerprint density at radius 1 is 1.41 bits per heavy atom. The van der Waals surface area contributed by atoms with Gasteiger partial charge in [-0.3, -0.25) is 4.79 Å². The average molecular weight is 340 g/mol. The molecule has 0 radical (unpaired) electrons. The smallest absolute Gasteiger partial charge is 0.438 e. The molecule has 1 aliphatic carbocycles. The lowest BCUT2D eigenvalue weighted by atomic mass is 10.1. The summed E-state index contributed by atoms with van der Waals surface area (Å²) < 4.78 is 64.8. The van der Waals surface area contributed by atoms with Crippen LogP contribution in [0.4, 0.5) is 13.2 Å². The van der Waals surface area contributed by atoms with Crippen LogP contribution >= 0.6 is 0 Å². The van der Waals surface area contributed by atoms with Crippen molar-refractivity contribution in [1.82, 2.24) is 10.3 Å². The van der Waals surface area contributed by atoms with Crippen molar-refractivity contribution in [3.8, 4) is 0 Å². The molecule has 124 valence electrons. The van der Waals surface area contributed by atoms with Crippen LogP contribution in [0, 0.1) is 0 Å². The second kappa shape index (κ2) is 5.56. The Balaban J connectivity index is 2.15. The lowest BCUT2D eigenvalue weighted by Gasteiger charge is -2.26. The van der Waals surface area contributed by atoms with Crippen molar-refractivity contribution in [2.24, 2.45) is 0 Å². The number of nitrogens with zero attached hydrogens (tertiary/aromatic N) is 1. The Morgan fingerprint density at radius 2 is 2.00 bits per heavy atom. The van der Waals surface area contributed by atoms with Crippen LogP contribution in [0.15, 0.2) is 10.8 Å². The van der Waals surface area contributed by atoms with Gasteiger partial charge in [-0.2, -0.15) is 13.2 Å². The van der Waals surface area contributed by atoms with Crippen LogP contribution in [0.2, 0.25) is 0 Å². The average Bonchev–Trinajstić information content (AvgIpc) is 3.04. The number of rotatable bonds is 4. The fraction of sp³-hybridized carbons (Fsp3) is 0.667. The molecule has 0 saturated heterocycles. The van der Waals surface area contributed by atoms with Crippen molar-refractivity contribution in [3.63, 3.8) is 0 Å². The molecule has 0 unspecified atom stereocenters. The predicted molar refractivity (Wildman–Crippen MR) is 69.9 cm³/mol. The molecule has 1 fully saturated rings. The molecule has 0 atom stereocenters. The number of aromatic nitrogens is 1. The van der Waals surface area contributed by atoms with Gasteiger partial charge in [-0.25, -0.2) is 13.4 Å². The van der Waals surface area contributed by atoms with Gasteiger partial charge in [0, 0.05) is 12.8 Å². The third-order valence-corrected chi connectivity index (χ3v) is 6.04. The van der Waals surface area contributed by atoms with Crippen LogP contribution in [0.5, 0.6) is 0 Å². The first kappa shape index (κ1) is 16.8. The molecule has 10 heteroatoms. The Bertz CT molecular complexity index is 660. The Morgan fingerprint density at radius 3 is 2.50 bits per heavy atom. The van der Waals surface area contributed by atoms with Gasteiger partial charge < -0.3 is 9.73 Å². The van der Waals surface area contributed by atoms with Gasteiger partial charge in [-0.15, -0.1) is 0 Å². The standard InChI is InChI=1S/C12H15F3N2O4S/c1-22(19,20)11(4-2-3-5-11)6-16-10(18)8-9(12(13,14)15)21-7-17-8/h7H,2-6H2,1H3,(H,16,18). The molecule has 0 aromatic carbocycles. The maximum Gasteiger partial charge on any atom is 0.452 e. The molecule has 6 nitrogen and oxygen atoms in total. The zero-order chi connectivity index (χ0) is 16.6. The van der Waals surface area contributed by atoms with Crippen LogP contribution in [-0.4, -0.2) is 36.9 Å². The molecule has 1 N–H and O–H groups in total. The molecule has 0 bridgehead atoms. The SMILES string of the molecule is CS(=O)(=O)C1(CNC(=O)c2ncoc2C(F)(F)F)CCCC1. The number of hydrogen-bond donors (Lipinski definition) is 1. The van der Waals surface area contributed by atoms with Crippen molar-refractivity contribution in [3.05, 3.63) is 17.8 Å². The maximum absolute atomic E-state index is 12.6. The number of amides is 1. The van der Waals surface area contributed by atoms with Gasteiger partial charge in [0.1, 0.15) is 0 Å². The monoisotopic (exact) mass is 340 g/mol. The summed E-state index contributed by atoms with van der Waals surface area (Å²) in [6.45, 7) is -0.241. The number of alkyl halides is 3. The molecule has 22 heavy (non-hydrogen) atoms. The quantitative estimate of drug-likeness (QED) is 0.902. The first-order valence-electron chi connectivity index (χ1n) is 6.55. The van der Waals surface area contributed by atoms with E-state index in [4.69, 9.17) is 0 Å². The van der Waals surface area contributed by atoms with E-state index >= 15 is 0 Å². The highest BCUT2D eigenvalue weighted by molar-refractivity contribution is 7.92. The number of carbonyl (C=O) groups is 1. The van der Waals surface area contributed by atoms with Gasteiger partial charge in [0.15, 0.2) is 21.9 Å². The minimum Gasteiger partial charge on any atom is -0.438 e. The lowest BCUT2D eigenvalue weighted by molar-refractivity contribution is -0.153. The molecule has 1 saturated carbocycles. The Labute approximate surface area is 125 Å². The molecule has 1 aliphatic rings. The summed E-state index contributed by atoms with van der Waals surface area (Å²) >= 11 is 0. The highest BCUT2D eigenvalue weighted by Crippen LogP contribution is 2.36. The largest absolute Gasteiger partial charge is 0.452 e. The predicted octanol–water partition coefficient (Wildman–Crippen LogP) is 1.78. The third-order valence-electron chi connectivity index (χ3n) is 3.91. The van der Waals surface area contributed by atoms with E-state index in [9.17, 15) is 26.4 Å². The fourth-order valence-corrected chi connectivity index (χ4v) is 4.00. The van der Waals surface area contributed by atoms with E-state index in [1.165, 1.54) is 0 Å². The molecule has 1 aromatic rings. The maximum atomic E-state index is 12.6. The highest BCUT2D eigenvalue weighted by atomic mass is 32.2. The van der Waals surface area contributed by atoms with E-state index in [1.54, 1.807) is 0 Å². The molecule has 1 aromatic heterocycles. The van der Waals surface area contributed by atoms with Crippen LogP contribution < -0.4 is 5.32 Å². The van der Waals surface area contributed by atoms with E-state index in [0.29, 0.717) is 32.1 Å². The van der Waals surface area contributed by atoms with E-state index in [-0.39, 0.29) is 6.54 Å². The zero-order valence-corrected chi connectivity index (χ0v) is 12.6. The summed E-state index contributed by atoms with van der Waals surface area (Å²) in [6.07, 6.45) is -1.11. The summed E-state index contributed by atoms with van der Waals surface area (Å²) in [6, 6.07) is 0. The van der Waals surface area contributed by atoms with Crippen molar-refractivity contribution in [1.29, 1.82) is 0 Å². The lowest BCUT2D eigenvalue weighted by Crippen LogP contribution is -2.46. The summed E-state index contributed by atoms with van der Waals surface area (Å²) in [4.78, 5) is 15.1. The number of nitrogens with one attached hydrogen (secondary N) is 1. The fourth-order valence-electron chi connectivity index (χ4n) is 2.63. The minimum absolute atomic E-state index is 0.241. The molecular formula is C12H15F3N2O4S. The van der Waals surface area contributed by atoms with Gasteiger partial charge in [-0.05, 0) is 12.8 Å². The van der Waals surface area contributed by atoms with E-state index in [2.05, 4.69) is 14.7 Å². The molecule has 0 aliphatic heterocycles. The number of carbonyl (C=O) groups excluding carboxylic acids is 1. The first-order valence-corrected chi connectivity index (χ1v) is 8.44. The van der Waals surface area contributed by atoms with Gasteiger partial charge >= 0.3 is 6.18 Å². The van der Waals surface area contributed by atoms with Gasteiger partial charge in [0.05, 0.1) is 4.75 Å². The second-order valence-corrected chi connectivity index (χ2v) is 7.78. The minimum atomic E-state index is -4.84. The topological polar surface area (TPSA) is 89.3 Å². The van der Waals surface area contributed by atoms with Crippen LogP contribution in [0.1, 0.15) is 41.9 Å². The van der Waals surface area contributed by atoms with Gasteiger partial charge in [-0.1, -0.05) is 12.8 Å². The van der Waals surface area contributed by atoms with Gasteiger partial charge in [0.2, 0.25) is 5.76 Å². The molecule has 2 rings (SSSR count). The molecule has 1 amide bonds. The number of sulfone groups is 1. The highest BCUT2D eigenvalue weighted by Gasteiger charge is 2.45. The zero-order valence-electron chi connectivity index (χ0n) is 11.7. The summed E-state index contributed by atoms with van der Waals surface area (Å²) in [5.74, 6) is -2.60. The van der Waals surface area contributed by atoms with Crippen molar-refractivity contribution >= 4 is 15.7 Å². The third kappa shape index (κ3) is 3.11. The van der Waals surface area contributed by atoms with E-state index < -0.39 is 38.1 Å². The van der Waals surface area contributed by atoms with E-state index in [1.807, 2.05) is 0 Å². The van der Waals surface area contributed by atoms with Gasteiger partial charge in [0.25, 0.3) is 5.91 Å². The molecule has 1 heterocycles.